The molecule has 30 heavy (non-hydrogen) atoms. The van der Waals surface area contributed by atoms with Crippen molar-refractivity contribution in [3.63, 3.8) is 0 Å². The van der Waals surface area contributed by atoms with E-state index in [1.807, 2.05) is 88.4 Å². The van der Waals surface area contributed by atoms with E-state index in [0.717, 1.165) is 21.1 Å². The monoisotopic (exact) mass is 471 g/mol. The molecule has 0 aliphatic carbocycles. The van der Waals surface area contributed by atoms with Gasteiger partial charge in [0, 0.05) is 11.0 Å². The lowest BCUT2D eigenvalue weighted by Crippen LogP contribution is -2.41. The molecular formula is C23H27BBrNO4. The summed E-state index contributed by atoms with van der Waals surface area (Å²) < 4.78 is 18.7. The first-order valence-corrected chi connectivity index (χ1v) is 10.7. The average molecular weight is 472 g/mol. The summed E-state index contributed by atoms with van der Waals surface area (Å²) in [7, 11) is -0.573. The second kappa shape index (κ2) is 9.37. The molecule has 0 radical (unpaired) electrons. The zero-order valence-electron chi connectivity index (χ0n) is 17.8. The van der Waals surface area contributed by atoms with E-state index in [1.54, 1.807) is 0 Å². The predicted octanol–water partition coefficient (Wildman–Crippen LogP) is 5.39. The van der Waals surface area contributed by atoms with Gasteiger partial charge in [-0.25, -0.2) is 4.79 Å². The first-order chi connectivity index (χ1) is 14.2. The van der Waals surface area contributed by atoms with E-state index < -0.39 is 24.4 Å². The van der Waals surface area contributed by atoms with Gasteiger partial charge in [-0.2, -0.15) is 0 Å². The van der Waals surface area contributed by atoms with E-state index in [1.165, 1.54) is 0 Å². The number of halogens is 1. The maximum Gasteiger partial charge on any atom is 0.492 e. The van der Waals surface area contributed by atoms with Crippen LogP contribution in [0.5, 0.6) is 0 Å². The number of ether oxygens (including phenoxy) is 1. The highest BCUT2D eigenvalue weighted by molar-refractivity contribution is 9.10. The summed E-state index contributed by atoms with van der Waals surface area (Å²) in [5, 5.41) is 2.82. The number of carbonyl (C=O) groups is 1. The summed E-state index contributed by atoms with van der Waals surface area (Å²) in [6, 6.07) is 17.4. The van der Waals surface area contributed by atoms with Crippen LogP contribution in [0.2, 0.25) is 0 Å². The minimum Gasteiger partial charge on any atom is -0.445 e. The Kier molecular flexibility index (Phi) is 7.06. The molecule has 1 aliphatic rings. The van der Waals surface area contributed by atoms with Crippen molar-refractivity contribution >= 4 is 35.2 Å². The van der Waals surface area contributed by atoms with Gasteiger partial charge >= 0.3 is 13.2 Å². The van der Waals surface area contributed by atoms with Crippen LogP contribution in [0.15, 0.2) is 64.5 Å². The Bertz CT molecular complexity index is 898. The minimum absolute atomic E-state index is 0.215. The minimum atomic E-state index is -0.573. The van der Waals surface area contributed by atoms with Gasteiger partial charge in [0.2, 0.25) is 0 Å². The molecule has 1 N–H and O–H groups in total. The molecule has 1 saturated heterocycles. The van der Waals surface area contributed by atoms with Gasteiger partial charge in [-0.3, -0.25) is 0 Å². The average Bonchev–Trinajstić information content (AvgIpc) is 2.92. The summed E-state index contributed by atoms with van der Waals surface area (Å²) >= 11 is 3.57. The van der Waals surface area contributed by atoms with Crippen LogP contribution >= 0.6 is 15.9 Å². The first kappa shape index (κ1) is 22.6. The standard InChI is InChI=1S/C23H27BBrNO4/c1-22(2)23(3,4)30-24(29-22)19(14-18-12-8-9-13-20(18)25)15-26-21(27)28-16-17-10-6-5-7-11-17/h5-14H,15-16H2,1-4H3,(H,26,27). The predicted molar refractivity (Wildman–Crippen MR) is 123 cm³/mol. The summed E-state index contributed by atoms with van der Waals surface area (Å²) in [5.41, 5.74) is 1.76. The van der Waals surface area contributed by atoms with Crippen molar-refractivity contribution in [3.8, 4) is 0 Å². The molecule has 0 spiro atoms. The number of hydrogen-bond donors (Lipinski definition) is 1. The van der Waals surface area contributed by atoms with Crippen LogP contribution in [-0.2, 0) is 20.7 Å². The van der Waals surface area contributed by atoms with Gasteiger partial charge in [-0.15, -0.1) is 0 Å². The Morgan fingerprint density at radius 3 is 2.27 bits per heavy atom. The van der Waals surface area contributed by atoms with Crippen LogP contribution in [0, 0.1) is 0 Å². The largest absolute Gasteiger partial charge is 0.492 e. The number of nitrogens with one attached hydrogen (secondary N) is 1. The third kappa shape index (κ3) is 5.53. The molecule has 2 aromatic rings. The highest BCUT2D eigenvalue weighted by atomic mass is 79.9. The Morgan fingerprint density at radius 2 is 1.63 bits per heavy atom. The summed E-state index contributed by atoms with van der Waals surface area (Å²) in [6.07, 6.45) is 1.48. The van der Waals surface area contributed by atoms with Gasteiger partial charge in [0.25, 0.3) is 0 Å². The highest BCUT2D eigenvalue weighted by Gasteiger charge is 2.52. The molecule has 2 aromatic carbocycles. The van der Waals surface area contributed by atoms with Crippen LogP contribution in [0.4, 0.5) is 4.79 Å². The zero-order valence-corrected chi connectivity index (χ0v) is 19.4. The van der Waals surface area contributed by atoms with Gasteiger partial charge in [0.15, 0.2) is 0 Å². The lowest BCUT2D eigenvalue weighted by atomic mass is 9.77. The first-order valence-electron chi connectivity index (χ1n) is 9.93. The summed E-state index contributed by atoms with van der Waals surface area (Å²) in [5.74, 6) is 0. The number of carbonyl (C=O) groups excluding carboxylic acids is 1. The molecule has 1 aliphatic heterocycles. The second-order valence-electron chi connectivity index (χ2n) is 8.24. The van der Waals surface area contributed by atoms with E-state index in [2.05, 4.69) is 21.2 Å². The Morgan fingerprint density at radius 1 is 1.03 bits per heavy atom. The van der Waals surface area contributed by atoms with E-state index >= 15 is 0 Å². The van der Waals surface area contributed by atoms with E-state index in [0.29, 0.717) is 0 Å². The third-order valence-corrected chi connectivity index (χ3v) is 6.17. The van der Waals surface area contributed by atoms with Crippen LogP contribution < -0.4 is 5.32 Å². The van der Waals surface area contributed by atoms with Crippen molar-refractivity contribution in [2.75, 3.05) is 6.54 Å². The molecule has 1 heterocycles. The topological polar surface area (TPSA) is 56.8 Å². The molecule has 0 bridgehead atoms. The van der Waals surface area contributed by atoms with E-state index in [4.69, 9.17) is 14.0 Å². The summed E-state index contributed by atoms with van der Waals surface area (Å²) in [4.78, 5) is 12.3. The number of amides is 1. The molecule has 5 nitrogen and oxygen atoms in total. The van der Waals surface area contributed by atoms with Gasteiger partial charge in [0.1, 0.15) is 6.61 Å². The van der Waals surface area contributed by atoms with Crippen molar-refractivity contribution in [1.29, 1.82) is 0 Å². The fourth-order valence-electron chi connectivity index (χ4n) is 2.94. The van der Waals surface area contributed by atoms with Crippen molar-refractivity contribution < 1.29 is 18.8 Å². The van der Waals surface area contributed by atoms with Crippen molar-refractivity contribution in [1.82, 2.24) is 5.32 Å². The summed E-state index contributed by atoms with van der Waals surface area (Å²) in [6.45, 7) is 8.47. The fourth-order valence-corrected chi connectivity index (χ4v) is 3.34. The Hall–Kier alpha value is -2.09. The van der Waals surface area contributed by atoms with E-state index in [9.17, 15) is 4.79 Å². The van der Waals surface area contributed by atoms with Crippen molar-refractivity contribution in [3.05, 3.63) is 75.7 Å². The quantitative estimate of drug-likeness (QED) is 0.573. The second-order valence-corrected chi connectivity index (χ2v) is 9.10. The maximum atomic E-state index is 12.3. The highest BCUT2D eigenvalue weighted by Crippen LogP contribution is 2.39. The number of hydrogen-bond acceptors (Lipinski definition) is 4. The molecule has 0 aromatic heterocycles. The van der Waals surface area contributed by atoms with Crippen LogP contribution in [0.1, 0.15) is 38.8 Å². The van der Waals surface area contributed by atoms with E-state index in [-0.39, 0.29) is 13.2 Å². The van der Waals surface area contributed by atoms with Gasteiger partial charge in [-0.1, -0.05) is 70.5 Å². The van der Waals surface area contributed by atoms with Crippen LogP contribution in [0.25, 0.3) is 6.08 Å². The molecule has 0 unspecified atom stereocenters. The van der Waals surface area contributed by atoms with Gasteiger partial charge in [0.05, 0.1) is 11.2 Å². The molecule has 0 saturated carbocycles. The van der Waals surface area contributed by atoms with Gasteiger partial charge in [-0.05, 0) is 50.4 Å². The van der Waals surface area contributed by atoms with Crippen LogP contribution in [0.3, 0.4) is 0 Å². The number of rotatable bonds is 6. The maximum absolute atomic E-state index is 12.3. The van der Waals surface area contributed by atoms with Crippen molar-refractivity contribution in [2.24, 2.45) is 0 Å². The lowest BCUT2D eigenvalue weighted by Gasteiger charge is -2.32. The SMILES string of the molecule is CC1(C)OB(C(=Cc2ccccc2Br)CNC(=O)OCc2ccccc2)OC1(C)C. The lowest BCUT2D eigenvalue weighted by molar-refractivity contribution is 0.00578. The molecule has 1 amide bonds. The normalized spacial score (nSPS) is 17.6. The van der Waals surface area contributed by atoms with Gasteiger partial charge < -0.3 is 19.4 Å². The smallest absolute Gasteiger partial charge is 0.445 e. The molecule has 7 heteroatoms. The van der Waals surface area contributed by atoms with Crippen molar-refractivity contribution in [2.45, 2.75) is 45.5 Å². The number of benzene rings is 2. The molecule has 1 fully saturated rings. The molecule has 3 rings (SSSR count). The zero-order chi connectivity index (χ0) is 21.8. The molecule has 158 valence electrons. The fraction of sp³-hybridized carbons (Fsp3) is 0.348. The Labute approximate surface area is 187 Å². The third-order valence-electron chi connectivity index (χ3n) is 5.45. The molecular weight excluding hydrogens is 445 g/mol. The number of alkyl carbamates (subject to hydrolysis) is 1. The van der Waals surface area contributed by atoms with Crippen LogP contribution in [-0.4, -0.2) is 31.0 Å². The Balaban J connectivity index is 1.72. The molecule has 0 atom stereocenters.